The highest BCUT2D eigenvalue weighted by Gasteiger charge is 2.41. The van der Waals surface area contributed by atoms with Gasteiger partial charge in [-0.2, -0.15) is 0 Å². The number of nitrogens with zero attached hydrogens (tertiary/aromatic N) is 2. The van der Waals surface area contributed by atoms with Gasteiger partial charge in [-0.05, 0) is 20.8 Å². The molecule has 0 radical (unpaired) electrons. The molecule has 1 fully saturated rings. The highest BCUT2D eigenvalue weighted by molar-refractivity contribution is 5.07. The van der Waals surface area contributed by atoms with Crippen molar-refractivity contribution in [1.29, 1.82) is 0 Å². The Labute approximate surface area is 96.3 Å². The van der Waals surface area contributed by atoms with Gasteiger partial charge in [-0.25, -0.2) is 4.98 Å². The molecule has 1 aliphatic heterocycles. The molecule has 0 bridgehead atoms. The van der Waals surface area contributed by atoms with Crippen molar-refractivity contribution in [3.8, 4) is 0 Å². The number of imidazole rings is 1. The molecule has 0 aliphatic carbocycles. The maximum Gasteiger partial charge on any atom is 0.140 e. The van der Waals surface area contributed by atoms with Gasteiger partial charge in [0.05, 0.1) is 12.2 Å². The molecule has 1 saturated heterocycles. The van der Waals surface area contributed by atoms with Crippen LogP contribution in [-0.2, 0) is 16.9 Å². The Balaban J connectivity index is 2.30. The van der Waals surface area contributed by atoms with Crippen molar-refractivity contribution in [2.45, 2.75) is 58.0 Å². The number of hydrogen-bond acceptors (Lipinski definition) is 3. The van der Waals surface area contributed by atoms with E-state index in [0.717, 1.165) is 12.4 Å². The second-order valence-corrected chi connectivity index (χ2v) is 4.73. The van der Waals surface area contributed by atoms with Crippen LogP contribution in [0.15, 0.2) is 12.4 Å². The maximum atomic E-state index is 10.7. The van der Waals surface area contributed by atoms with Gasteiger partial charge in [-0.15, -0.1) is 0 Å². The molecule has 4 heteroatoms. The van der Waals surface area contributed by atoms with Gasteiger partial charge in [-0.1, -0.05) is 0 Å². The van der Waals surface area contributed by atoms with Gasteiger partial charge in [0.25, 0.3) is 0 Å². The molecule has 16 heavy (non-hydrogen) atoms. The fourth-order valence-electron chi connectivity index (χ4n) is 2.68. The fraction of sp³-hybridized carbons (Fsp3) is 0.750. The van der Waals surface area contributed by atoms with Gasteiger partial charge in [0.15, 0.2) is 0 Å². The van der Waals surface area contributed by atoms with Crippen molar-refractivity contribution in [1.82, 2.24) is 9.55 Å². The van der Waals surface area contributed by atoms with Crippen molar-refractivity contribution in [2.75, 3.05) is 0 Å². The fourth-order valence-corrected chi connectivity index (χ4v) is 2.68. The summed E-state index contributed by atoms with van der Waals surface area (Å²) in [5.74, 6) is 0.775. The molecule has 90 valence electrons. The first kappa shape index (κ1) is 11.6. The largest absolute Gasteiger partial charge is 0.382 e. The summed E-state index contributed by atoms with van der Waals surface area (Å²) in [7, 11) is 0. The number of hydrogen-bond donors (Lipinski definition) is 1. The summed E-state index contributed by atoms with van der Waals surface area (Å²) in [6, 6.07) is 0. The lowest BCUT2D eigenvalue weighted by molar-refractivity contribution is -0.140. The SMILES string of the molecule is CCn1ccnc1C1(O)CC(C)OC(C)C1. The van der Waals surface area contributed by atoms with Crippen LogP contribution < -0.4 is 0 Å². The predicted molar refractivity (Wildman–Crippen MR) is 61.0 cm³/mol. The smallest absolute Gasteiger partial charge is 0.140 e. The minimum Gasteiger partial charge on any atom is -0.382 e. The molecule has 2 atom stereocenters. The van der Waals surface area contributed by atoms with Gasteiger partial charge in [0.1, 0.15) is 11.4 Å². The minimum absolute atomic E-state index is 0.0794. The highest BCUT2D eigenvalue weighted by Crippen LogP contribution is 2.36. The van der Waals surface area contributed by atoms with E-state index in [1.165, 1.54) is 0 Å². The number of rotatable bonds is 2. The molecule has 1 N–H and O–H groups in total. The van der Waals surface area contributed by atoms with Gasteiger partial charge in [0.2, 0.25) is 0 Å². The second-order valence-electron chi connectivity index (χ2n) is 4.73. The predicted octanol–water partition coefficient (Wildman–Crippen LogP) is 1.68. The Hall–Kier alpha value is -0.870. The summed E-state index contributed by atoms with van der Waals surface area (Å²) in [6.07, 6.45) is 5.06. The third-order valence-electron chi connectivity index (χ3n) is 3.19. The highest BCUT2D eigenvalue weighted by atomic mass is 16.5. The first-order valence-electron chi connectivity index (χ1n) is 5.94. The van der Waals surface area contributed by atoms with Crippen LogP contribution >= 0.6 is 0 Å². The molecular weight excluding hydrogens is 204 g/mol. The molecule has 1 aliphatic rings. The Morgan fingerprint density at radius 1 is 1.50 bits per heavy atom. The lowest BCUT2D eigenvalue weighted by atomic mass is 9.87. The average molecular weight is 224 g/mol. The second kappa shape index (κ2) is 4.18. The molecule has 4 nitrogen and oxygen atoms in total. The maximum absolute atomic E-state index is 10.7. The van der Waals surface area contributed by atoms with Gasteiger partial charge >= 0.3 is 0 Å². The zero-order valence-corrected chi connectivity index (χ0v) is 10.2. The van der Waals surface area contributed by atoms with Crippen molar-refractivity contribution >= 4 is 0 Å². The van der Waals surface area contributed by atoms with Crippen molar-refractivity contribution in [3.05, 3.63) is 18.2 Å². The lowest BCUT2D eigenvalue weighted by Crippen LogP contribution is -2.43. The van der Waals surface area contributed by atoms with Gasteiger partial charge < -0.3 is 14.4 Å². The van der Waals surface area contributed by atoms with E-state index in [0.29, 0.717) is 12.8 Å². The average Bonchev–Trinajstić information content (AvgIpc) is 2.63. The molecule has 2 unspecified atom stereocenters. The van der Waals surface area contributed by atoms with Crippen LogP contribution in [0.5, 0.6) is 0 Å². The van der Waals surface area contributed by atoms with Gasteiger partial charge in [-0.3, -0.25) is 0 Å². The standard InChI is InChI=1S/C12H20N2O2/c1-4-14-6-5-13-11(14)12(15)7-9(2)16-10(3)8-12/h5-6,9-10,15H,4,7-8H2,1-3H3. The molecular formula is C12H20N2O2. The molecule has 1 aromatic rings. The van der Waals surface area contributed by atoms with Crippen molar-refractivity contribution < 1.29 is 9.84 Å². The Morgan fingerprint density at radius 3 is 2.69 bits per heavy atom. The third-order valence-corrected chi connectivity index (χ3v) is 3.19. The lowest BCUT2D eigenvalue weighted by Gasteiger charge is -2.38. The van der Waals surface area contributed by atoms with Crippen LogP contribution in [0.1, 0.15) is 39.4 Å². The molecule has 0 saturated carbocycles. The van der Waals surface area contributed by atoms with E-state index in [1.807, 2.05) is 24.6 Å². The topological polar surface area (TPSA) is 47.3 Å². The van der Waals surface area contributed by atoms with Crippen LogP contribution in [-0.4, -0.2) is 26.9 Å². The Morgan fingerprint density at radius 2 is 2.12 bits per heavy atom. The molecule has 2 rings (SSSR count). The normalized spacial score (nSPS) is 35.2. The quantitative estimate of drug-likeness (QED) is 0.831. The monoisotopic (exact) mass is 224 g/mol. The van der Waals surface area contributed by atoms with E-state index < -0.39 is 5.60 Å². The first-order valence-corrected chi connectivity index (χ1v) is 5.94. The number of ether oxygens (including phenoxy) is 1. The van der Waals surface area contributed by atoms with Crippen LogP contribution in [0.2, 0.25) is 0 Å². The first-order chi connectivity index (χ1) is 7.55. The number of aromatic nitrogens is 2. The molecule has 0 spiro atoms. The Kier molecular flexibility index (Phi) is 3.04. The number of aliphatic hydroxyl groups is 1. The molecule has 0 aromatic carbocycles. The van der Waals surface area contributed by atoms with E-state index in [2.05, 4.69) is 11.9 Å². The summed E-state index contributed by atoms with van der Waals surface area (Å²) in [5.41, 5.74) is -0.837. The number of aryl methyl sites for hydroxylation is 1. The minimum atomic E-state index is -0.837. The third kappa shape index (κ3) is 1.99. The van der Waals surface area contributed by atoms with Crippen LogP contribution in [0, 0.1) is 0 Å². The van der Waals surface area contributed by atoms with E-state index in [-0.39, 0.29) is 12.2 Å². The van der Waals surface area contributed by atoms with Crippen molar-refractivity contribution in [2.24, 2.45) is 0 Å². The van der Waals surface area contributed by atoms with Crippen LogP contribution in [0.3, 0.4) is 0 Å². The summed E-state index contributed by atoms with van der Waals surface area (Å²) >= 11 is 0. The summed E-state index contributed by atoms with van der Waals surface area (Å²) in [4.78, 5) is 4.31. The van der Waals surface area contributed by atoms with Gasteiger partial charge in [0, 0.05) is 31.8 Å². The Bertz CT molecular complexity index is 352. The van der Waals surface area contributed by atoms with E-state index in [1.54, 1.807) is 6.20 Å². The summed E-state index contributed by atoms with van der Waals surface area (Å²) in [5, 5.41) is 10.7. The molecule has 1 aromatic heterocycles. The van der Waals surface area contributed by atoms with E-state index in [9.17, 15) is 5.11 Å². The van der Waals surface area contributed by atoms with E-state index in [4.69, 9.17) is 4.74 Å². The zero-order chi connectivity index (χ0) is 11.8. The van der Waals surface area contributed by atoms with Crippen LogP contribution in [0.25, 0.3) is 0 Å². The molecule has 2 heterocycles. The molecule has 0 amide bonds. The zero-order valence-electron chi connectivity index (χ0n) is 10.2. The summed E-state index contributed by atoms with van der Waals surface area (Å²) in [6.45, 7) is 6.89. The van der Waals surface area contributed by atoms with Crippen molar-refractivity contribution in [3.63, 3.8) is 0 Å². The van der Waals surface area contributed by atoms with Crippen LogP contribution in [0.4, 0.5) is 0 Å². The van der Waals surface area contributed by atoms with E-state index >= 15 is 0 Å². The summed E-state index contributed by atoms with van der Waals surface area (Å²) < 4.78 is 7.66.